The van der Waals surface area contributed by atoms with Gasteiger partial charge in [-0.2, -0.15) is 0 Å². The molecule has 1 aromatic rings. The van der Waals surface area contributed by atoms with Crippen LogP contribution in [0.1, 0.15) is 34.1 Å². The number of imide groups is 1. The lowest BCUT2D eigenvalue weighted by molar-refractivity contribution is -0.383. The van der Waals surface area contributed by atoms with Crippen molar-refractivity contribution in [2.24, 2.45) is 0 Å². The fraction of sp³-hybridized carbons (Fsp3) is 0.273. The third-order valence-corrected chi connectivity index (χ3v) is 2.76. The van der Waals surface area contributed by atoms with Crippen molar-refractivity contribution in [2.75, 3.05) is 12.3 Å². The fourth-order valence-corrected chi connectivity index (χ4v) is 1.93. The molecule has 0 unspecified atom stereocenters. The van der Waals surface area contributed by atoms with Crippen molar-refractivity contribution >= 4 is 23.2 Å². The summed E-state index contributed by atoms with van der Waals surface area (Å²) in [6, 6.07) is 2.27. The molecule has 0 aliphatic carbocycles. The first kappa shape index (κ1) is 12.0. The van der Waals surface area contributed by atoms with Crippen LogP contribution in [-0.4, -0.2) is 28.2 Å². The maximum absolute atomic E-state index is 11.9. The van der Waals surface area contributed by atoms with Gasteiger partial charge in [-0.15, -0.1) is 0 Å². The monoisotopic (exact) mass is 249 g/mol. The van der Waals surface area contributed by atoms with Gasteiger partial charge in [-0.25, -0.2) is 0 Å². The summed E-state index contributed by atoms with van der Waals surface area (Å²) >= 11 is 0. The van der Waals surface area contributed by atoms with E-state index in [-0.39, 0.29) is 22.5 Å². The molecule has 0 radical (unpaired) electrons. The summed E-state index contributed by atoms with van der Waals surface area (Å²) in [7, 11) is 0. The smallest absolute Gasteiger partial charge is 0.292 e. The van der Waals surface area contributed by atoms with Gasteiger partial charge in [0.15, 0.2) is 0 Å². The molecule has 2 rings (SSSR count). The van der Waals surface area contributed by atoms with Crippen molar-refractivity contribution in [1.82, 2.24) is 4.90 Å². The molecule has 1 aromatic carbocycles. The van der Waals surface area contributed by atoms with Crippen LogP contribution in [0.4, 0.5) is 11.4 Å². The van der Waals surface area contributed by atoms with Gasteiger partial charge in [0.05, 0.1) is 16.1 Å². The first-order valence-corrected chi connectivity index (χ1v) is 5.41. The second-order valence-electron chi connectivity index (χ2n) is 3.98. The van der Waals surface area contributed by atoms with Crippen LogP contribution in [0.2, 0.25) is 0 Å². The maximum Gasteiger partial charge on any atom is 0.292 e. The minimum absolute atomic E-state index is 0.0503. The standard InChI is InChI=1S/C11H11N3O4/c1-2-3-13-10(15)6-4-8(12)9(14(17)18)5-7(6)11(13)16/h4-5H,2-3,12H2,1H3. The van der Waals surface area contributed by atoms with Crippen molar-refractivity contribution in [2.45, 2.75) is 13.3 Å². The van der Waals surface area contributed by atoms with E-state index in [1.54, 1.807) is 0 Å². The number of amides is 2. The van der Waals surface area contributed by atoms with E-state index in [2.05, 4.69) is 0 Å². The van der Waals surface area contributed by atoms with Gasteiger partial charge in [0.25, 0.3) is 17.5 Å². The van der Waals surface area contributed by atoms with Gasteiger partial charge in [0.2, 0.25) is 0 Å². The largest absolute Gasteiger partial charge is 0.393 e. The van der Waals surface area contributed by atoms with E-state index < -0.39 is 16.7 Å². The number of nitro benzene ring substituents is 1. The van der Waals surface area contributed by atoms with E-state index in [0.29, 0.717) is 13.0 Å². The molecule has 0 bridgehead atoms. The molecule has 1 aliphatic rings. The molecule has 7 nitrogen and oxygen atoms in total. The highest BCUT2D eigenvalue weighted by Gasteiger charge is 2.37. The van der Waals surface area contributed by atoms with E-state index in [0.717, 1.165) is 11.0 Å². The van der Waals surface area contributed by atoms with Crippen molar-refractivity contribution < 1.29 is 14.5 Å². The van der Waals surface area contributed by atoms with Crippen LogP contribution >= 0.6 is 0 Å². The third-order valence-electron chi connectivity index (χ3n) is 2.76. The zero-order chi connectivity index (χ0) is 13.4. The Morgan fingerprint density at radius 1 is 1.28 bits per heavy atom. The van der Waals surface area contributed by atoms with E-state index in [1.165, 1.54) is 6.07 Å². The molecule has 1 aliphatic heterocycles. The van der Waals surface area contributed by atoms with E-state index >= 15 is 0 Å². The summed E-state index contributed by atoms with van der Waals surface area (Å²) in [6.07, 6.45) is 0.628. The van der Waals surface area contributed by atoms with Crippen molar-refractivity contribution in [3.05, 3.63) is 33.4 Å². The normalized spacial score (nSPS) is 13.9. The minimum Gasteiger partial charge on any atom is -0.393 e. The zero-order valence-electron chi connectivity index (χ0n) is 9.67. The molecule has 2 amide bonds. The zero-order valence-corrected chi connectivity index (χ0v) is 9.67. The summed E-state index contributed by atoms with van der Waals surface area (Å²) in [5.74, 6) is -0.946. The highest BCUT2D eigenvalue weighted by Crippen LogP contribution is 2.31. The molecule has 0 atom stereocenters. The number of carbonyl (C=O) groups excluding carboxylic acids is 2. The lowest BCUT2D eigenvalue weighted by Crippen LogP contribution is -2.30. The van der Waals surface area contributed by atoms with Gasteiger partial charge in [-0.05, 0) is 12.5 Å². The predicted octanol–water partition coefficient (Wildman–Crippen LogP) is 1.18. The summed E-state index contributed by atoms with van der Waals surface area (Å²) in [5.41, 5.74) is 5.22. The molecule has 94 valence electrons. The van der Waals surface area contributed by atoms with Crippen LogP contribution in [0.25, 0.3) is 0 Å². The average Bonchev–Trinajstić information content (AvgIpc) is 2.53. The number of rotatable bonds is 3. The molecule has 0 saturated heterocycles. The number of nitrogen functional groups attached to an aromatic ring is 1. The van der Waals surface area contributed by atoms with E-state index in [4.69, 9.17) is 5.73 Å². The van der Waals surface area contributed by atoms with Crippen LogP contribution in [0.3, 0.4) is 0 Å². The van der Waals surface area contributed by atoms with Gasteiger partial charge in [0.1, 0.15) is 5.69 Å². The van der Waals surface area contributed by atoms with Gasteiger partial charge in [-0.1, -0.05) is 6.92 Å². The molecule has 1 heterocycles. The summed E-state index contributed by atoms with van der Waals surface area (Å²) in [4.78, 5) is 35.0. The Morgan fingerprint density at radius 2 is 1.83 bits per heavy atom. The highest BCUT2D eigenvalue weighted by atomic mass is 16.6. The Kier molecular flexibility index (Phi) is 2.74. The summed E-state index contributed by atoms with van der Waals surface area (Å²) in [6.45, 7) is 2.13. The van der Waals surface area contributed by atoms with Crippen LogP contribution in [0.15, 0.2) is 12.1 Å². The third kappa shape index (κ3) is 1.60. The molecular weight excluding hydrogens is 238 g/mol. The quantitative estimate of drug-likeness (QED) is 0.374. The maximum atomic E-state index is 11.9. The Hall–Kier alpha value is -2.44. The van der Waals surface area contributed by atoms with Gasteiger partial charge >= 0.3 is 0 Å². The first-order chi connectivity index (χ1) is 8.47. The molecule has 0 fully saturated rings. The SMILES string of the molecule is CCCN1C(=O)c2cc(N)c([N+](=O)[O-])cc2C1=O. The van der Waals surface area contributed by atoms with Crippen LogP contribution in [0.5, 0.6) is 0 Å². The number of benzene rings is 1. The first-order valence-electron chi connectivity index (χ1n) is 5.41. The number of nitrogens with zero attached hydrogens (tertiary/aromatic N) is 2. The van der Waals surface area contributed by atoms with Crippen LogP contribution in [-0.2, 0) is 0 Å². The number of fused-ring (bicyclic) bond motifs is 1. The van der Waals surface area contributed by atoms with Gasteiger partial charge in [0, 0.05) is 12.6 Å². The van der Waals surface area contributed by atoms with Crippen LogP contribution < -0.4 is 5.73 Å². The van der Waals surface area contributed by atoms with Crippen molar-refractivity contribution in [3.63, 3.8) is 0 Å². The molecule has 2 N–H and O–H groups in total. The van der Waals surface area contributed by atoms with E-state index in [9.17, 15) is 19.7 Å². The Balaban J connectivity index is 2.55. The Labute approximate surface area is 102 Å². The molecule has 7 heteroatoms. The van der Waals surface area contributed by atoms with Crippen LogP contribution in [0, 0.1) is 10.1 Å². The van der Waals surface area contributed by atoms with Crippen molar-refractivity contribution in [3.8, 4) is 0 Å². The van der Waals surface area contributed by atoms with E-state index in [1.807, 2.05) is 6.92 Å². The lowest BCUT2D eigenvalue weighted by Gasteiger charge is -2.11. The Bertz CT molecular complexity index is 568. The molecule has 0 spiro atoms. The molecule has 18 heavy (non-hydrogen) atoms. The number of anilines is 1. The topological polar surface area (TPSA) is 107 Å². The number of nitrogens with two attached hydrogens (primary N) is 1. The van der Waals surface area contributed by atoms with Gasteiger partial charge < -0.3 is 5.73 Å². The number of hydrogen-bond acceptors (Lipinski definition) is 5. The second-order valence-corrected chi connectivity index (χ2v) is 3.98. The lowest BCUT2D eigenvalue weighted by atomic mass is 10.1. The summed E-state index contributed by atoms with van der Waals surface area (Å²) in [5, 5.41) is 10.7. The number of hydrogen-bond donors (Lipinski definition) is 1. The molecule has 0 saturated carbocycles. The Morgan fingerprint density at radius 3 is 2.33 bits per heavy atom. The summed E-state index contributed by atoms with van der Waals surface area (Å²) < 4.78 is 0. The highest BCUT2D eigenvalue weighted by molar-refractivity contribution is 6.22. The second kappa shape index (κ2) is 4.10. The fourth-order valence-electron chi connectivity index (χ4n) is 1.93. The van der Waals surface area contributed by atoms with Crippen molar-refractivity contribution in [1.29, 1.82) is 0 Å². The van der Waals surface area contributed by atoms with Gasteiger partial charge in [-0.3, -0.25) is 24.6 Å². The average molecular weight is 249 g/mol. The number of nitro groups is 1. The number of carbonyl (C=O) groups is 2. The molecular formula is C11H11N3O4. The minimum atomic E-state index is -0.671. The predicted molar refractivity (Wildman–Crippen MR) is 63.2 cm³/mol. The molecule has 0 aromatic heterocycles.